The van der Waals surface area contributed by atoms with Crippen LogP contribution in [0.4, 0.5) is 0 Å². The van der Waals surface area contributed by atoms with Crippen molar-refractivity contribution >= 4 is 0 Å². The predicted octanol–water partition coefficient (Wildman–Crippen LogP) is 2.49. The third-order valence-corrected chi connectivity index (χ3v) is 2.98. The van der Waals surface area contributed by atoms with Crippen LogP contribution in [-0.2, 0) is 6.42 Å². The first-order chi connectivity index (χ1) is 7.77. The molecule has 0 saturated carbocycles. The molecule has 1 aromatic carbocycles. The van der Waals surface area contributed by atoms with Crippen molar-refractivity contribution in [3.63, 3.8) is 0 Å². The molecular formula is C14H22O2. The highest BCUT2D eigenvalue weighted by Gasteiger charge is 2.04. The Kier molecular flexibility index (Phi) is 6.12. The minimum atomic E-state index is 0.249. The van der Waals surface area contributed by atoms with E-state index in [9.17, 15) is 0 Å². The minimum absolute atomic E-state index is 0.249. The zero-order valence-corrected chi connectivity index (χ0v) is 10.0. The third kappa shape index (κ3) is 4.33. The molecule has 0 aromatic heterocycles. The van der Waals surface area contributed by atoms with Crippen LogP contribution in [-0.4, -0.2) is 23.4 Å². The minimum Gasteiger partial charge on any atom is -0.396 e. The van der Waals surface area contributed by atoms with Crippen LogP contribution < -0.4 is 0 Å². The van der Waals surface area contributed by atoms with Crippen molar-refractivity contribution in [3.05, 3.63) is 35.4 Å². The van der Waals surface area contributed by atoms with E-state index in [1.54, 1.807) is 0 Å². The third-order valence-electron chi connectivity index (χ3n) is 2.98. The summed E-state index contributed by atoms with van der Waals surface area (Å²) in [6.45, 7) is 2.67. The predicted molar refractivity (Wildman–Crippen MR) is 66.6 cm³/mol. The van der Waals surface area contributed by atoms with Gasteiger partial charge in [0.1, 0.15) is 0 Å². The average Bonchev–Trinajstić information content (AvgIpc) is 2.30. The zero-order chi connectivity index (χ0) is 11.8. The van der Waals surface area contributed by atoms with Crippen molar-refractivity contribution in [2.24, 2.45) is 0 Å². The van der Waals surface area contributed by atoms with Gasteiger partial charge in [0.15, 0.2) is 0 Å². The number of unbranched alkanes of at least 4 members (excludes halogenated alkanes) is 1. The van der Waals surface area contributed by atoms with Gasteiger partial charge in [0.2, 0.25) is 0 Å². The van der Waals surface area contributed by atoms with Gasteiger partial charge in [-0.25, -0.2) is 0 Å². The summed E-state index contributed by atoms with van der Waals surface area (Å²) < 4.78 is 0. The fourth-order valence-electron chi connectivity index (χ4n) is 1.81. The Hall–Kier alpha value is -0.860. The SMILES string of the molecule is CC(CCO)c1ccc(CCCCO)cc1. The van der Waals surface area contributed by atoms with E-state index in [1.807, 2.05) is 0 Å². The highest BCUT2D eigenvalue weighted by molar-refractivity contribution is 5.25. The van der Waals surface area contributed by atoms with Crippen LogP contribution in [0, 0.1) is 0 Å². The zero-order valence-electron chi connectivity index (χ0n) is 10.0. The molecule has 2 heteroatoms. The lowest BCUT2D eigenvalue weighted by molar-refractivity contribution is 0.278. The number of hydrogen-bond acceptors (Lipinski definition) is 2. The fourth-order valence-corrected chi connectivity index (χ4v) is 1.81. The molecule has 0 fully saturated rings. The summed E-state index contributed by atoms with van der Waals surface area (Å²) in [7, 11) is 0. The number of rotatable bonds is 7. The Morgan fingerprint density at radius 2 is 1.69 bits per heavy atom. The molecule has 0 aliphatic carbocycles. The van der Waals surface area contributed by atoms with Gasteiger partial charge in [0, 0.05) is 13.2 Å². The molecule has 2 N–H and O–H groups in total. The van der Waals surface area contributed by atoms with Crippen LogP contribution in [0.1, 0.15) is 43.2 Å². The summed E-state index contributed by atoms with van der Waals surface area (Å²) in [6.07, 6.45) is 3.78. The Balaban J connectivity index is 2.47. The molecule has 0 bridgehead atoms. The molecule has 2 nitrogen and oxygen atoms in total. The second-order valence-electron chi connectivity index (χ2n) is 4.34. The second-order valence-corrected chi connectivity index (χ2v) is 4.34. The monoisotopic (exact) mass is 222 g/mol. The number of aryl methyl sites for hydroxylation is 1. The van der Waals surface area contributed by atoms with Crippen LogP contribution in [0.3, 0.4) is 0 Å². The maximum atomic E-state index is 8.87. The average molecular weight is 222 g/mol. The van der Waals surface area contributed by atoms with Gasteiger partial charge in [0.25, 0.3) is 0 Å². The fraction of sp³-hybridized carbons (Fsp3) is 0.571. The van der Waals surface area contributed by atoms with E-state index in [0.717, 1.165) is 25.7 Å². The van der Waals surface area contributed by atoms with Crippen LogP contribution in [0.2, 0.25) is 0 Å². The van der Waals surface area contributed by atoms with Gasteiger partial charge in [-0.2, -0.15) is 0 Å². The van der Waals surface area contributed by atoms with Crippen molar-refractivity contribution in [2.75, 3.05) is 13.2 Å². The quantitative estimate of drug-likeness (QED) is 0.696. The Labute approximate surface area is 97.9 Å². The van der Waals surface area contributed by atoms with Gasteiger partial charge in [-0.05, 0) is 42.7 Å². The van der Waals surface area contributed by atoms with Crippen LogP contribution in [0.15, 0.2) is 24.3 Å². The van der Waals surface area contributed by atoms with E-state index in [1.165, 1.54) is 11.1 Å². The van der Waals surface area contributed by atoms with Gasteiger partial charge in [-0.15, -0.1) is 0 Å². The van der Waals surface area contributed by atoms with Crippen molar-refractivity contribution in [3.8, 4) is 0 Å². The number of hydrogen-bond donors (Lipinski definition) is 2. The molecule has 1 atom stereocenters. The molecule has 16 heavy (non-hydrogen) atoms. The van der Waals surface area contributed by atoms with E-state index >= 15 is 0 Å². The molecule has 1 rings (SSSR count). The van der Waals surface area contributed by atoms with E-state index in [0.29, 0.717) is 5.92 Å². The summed E-state index contributed by atoms with van der Waals surface area (Å²) in [5, 5.41) is 17.6. The lowest BCUT2D eigenvalue weighted by Crippen LogP contribution is -1.97. The molecule has 0 aliphatic rings. The standard InChI is InChI=1S/C14H22O2/c1-12(9-11-16)14-7-5-13(6-8-14)4-2-3-10-15/h5-8,12,15-16H,2-4,9-11H2,1H3. The first kappa shape index (κ1) is 13.2. The Morgan fingerprint density at radius 3 is 2.25 bits per heavy atom. The second kappa shape index (κ2) is 7.42. The van der Waals surface area contributed by atoms with E-state index < -0.39 is 0 Å². The van der Waals surface area contributed by atoms with Crippen molar-refractivity contribution in [1.82, 2.24) is 0 Å². The normalized spacial score (nSPS) is 12.7. The van der Waals surface area contributed by atoms with Crippen LogP contribution in [0.5, 0.6) is 0 Å². The van der Waals surface area contributed by atoms with Crippen molar-refractivity contribution < 1.29 is 10.2 Å². The molecule has 90 valence electrons. The number of aliphatic hydroxyl groups excluding tert-OH is 2. The van der Waals surface area contributed by atoms with E-state index in [-0.39, 0.29) is 13.2 Å². The summed E-state index contributed by atoms with van der Waals surface area (Å²) in [5.74, 6) is 0.427. The molecular weight excluding hydrogens is 200 g/mol. The summed E-state index contributed by atoms with van der Waals surface area (Å²) in [4.78, 5) is 0. The molecule has 1 aromatic rings. The van der Waals surface area contributed by atoms with Crippen molar-refractivity contribution in [1.29, 1.82) is 0 Å². The van der Waals surface area contributed by atoms with Crippen molar-refractivity contribution in [2.45, 2.75) is 38.5 Å². The first-order valence-corrected chi connectivity index (χ1v) is 6.08. The smallest absolute Gasteiger partial charge is 0.0436 e. The molecule has 0 heterocycles. The van der Waals surface area contributed by atoms with E-state index in [4.69, 9.17) is 10.2 Å². The van der Waals surface area contributed by atoms with Crippen LogP contribution in [0.25, 0.3) is 0 Å². The Morgan fingerprint density at radius 1 is 1.00 bits per heavy atom. The summed E-state index contributed by atoms with van der Waals surface area (Å²) in [6, 6.07) is 8.60. The molecule has 0 spiro atoms. The maximum absolute atomic E-state index is 8.87. The maximum Gasteiger partial charge on any atom is 0.0436 e. The van der Waals surface area contributed by atoms with Gasteiger partial charge in [0.05, 0.1) is 0 Å². The van der Waals surface area contributed by atoms with Gasteiger partial charge < -0.3 is 10.2 Å². The molecule has 0 amide bonds. The highest BCUT2D eigenvalue weighted by atomic mass is 16.3. The highest BCUT2D eigenvalue weighted by Crippen LogP contribution is 2.19. The molecule has 0 saturated heterocycles. The van der Waals surface area contributed by atoms with Gasteiger partial charge in [-0.3, -0.25) is 0 Å². The molecule has 0 aliphatic heterocycles. The lowest BCUT2D eigenvalue weighted by Gasteiger charge is -2.10. The van der Waals surface area contributed by atoms with E-state index in [2.05, 4.69) is 31.2 Å². The first-order valence-electron chi connectivity index (χ1n) is 6.08. The number of aliphatic hydroxyl groups is 2. The summed E-state index contributed by atoms with van der Waals surface area (Å²) in [5.41, 5.74) is 2.62. The largest absolute Gasteiger partial charge is 0.396 e. The van der Waals surface area contributed by atoms with Gasteiger partial charge >= 0.3 is 0 Å². The number of benzene rings is 1. The topological polar surface area (TPSA) is 40.5 Å². The Bertz CT molecular complexity index is 279. The van der Waals surface area contributed by atoms with Gasteiger partial charge in [-0.1, -0.05) is 31.2 Å². The van der Waals surface area contributed by atoms with Crippen LogP contribution >= 0.6 is 0 Å². The summed E-state index contributed by atoms with van der Waals surface area (Å²) >= 11 is 0. The molecule has 0 radical (unpaired) electrons. The lowest BCUT2D eigenvalue weighted by atomic mass is 9.96. The molecule has 1 unspecified atom stereocenters.